The van der Waals surface area contributed by atoms with Crippen molar-refractivity contribution in [3.05, 3.63) is 36.0 Å². The molecule has 2 aromatic rings. The van der Waals surface area contributed by atoms with Crippen molar-refractivity contribution in [2.75, 3.05) is 19.5 Å². The summed E-state index contributed by atoms with van der Waals surface area (Å²) < 4.78 is 4.68. The molecule has 98 valence electrons. The van der Waals surface area contributed by atoms with Gasteiger partial charge in [0.2, 0.25) is 0 Å². The first-order valence-corrected chi connectivity index (χ1v) is 5.61. The molecule has 2 amide bonds. The first-order chi connectivity index (χ1) is 9.15. The fourth-order valence-corrected chi connectivity index (χ4v) is 1.71. The van der Waals surface area contributed by atoms with Crippen LogP contribution in [-0.2, 0) is 4.74 Å². The van der Waals surface area contributed by atoms with Crippen LogP contribution in [0.15, 0.2) is 30.5 Å². The Balaban J connectivity index is 2.57. The van der Waals surface area contributed by atoms with Gasteiger partial charge in [-0.05, 0) is 18.2 Å². The van der Waals surface area contributed by atoms with Crippen LogP contribution in [0.3, 0.4) is 0 Å². The molecular weight excluding hydrogens is 246 g/mol. The van der Waals surface area contributed by atoms with E-state index in [9.17, 15) is 9.59 Å². The Hall–Kier alpha value is -2.63. The van der Waals surface area contributed by atoms with Gasteiger partial charge in [-0.15, -0.1) is 0 Å². The van der Waals surface area contributed by atoms with Crippen molar-refractivity contribution in [1.29, 1.82) is 0 Å². The van der Waals surface area contributed by atoms with E-state index in [0.29, 0.717) is 16.8 Å². The van der Waals surface area contributed by atoms with Gasteiger partial charge in [-0.1, -0.05) is 6.07 Å². The normalized spacial score (nSPS) is 10.0. The van der Waals surface area contributed by atoms with Crippen LogP contribution in [0.25, 0.3) is 10.9 Å². The van der Waals surface area contributed by atoms with Crippen molar-refractivity contribution in [2.24, 2.45) is 0 Å². The molecule has 19 heavy (non-hydrogen) atoms. The van der Waals surface area contributed by atoms with E-state index in [1.165, 1.54) is 20.2 Å². The summed E-state index contributed by atoms with van der Waals surface area (Å²) in [5, 5.41) is 5.83. The summed E-state index contributed by atoms with van der Waals surface area (Å²) in [5.74, 6) is -0.467. The molecule has 1 aromatic carbocycles. The third-order valence-electron chi connectivity index (χ3n) is 2.60. The Morgan fingerprint density at radius 3 is 2.79 bits per heavy atom. The lowest BCUT2D eigenvalue weighted by molar-refractivity contribution is 0.0601. The number of methoxy groups -OCH3 is 1. The Labute approximate surface area is 109 Å². The zero-order valence-corrected chi connectivity index (χ0v) is 10.6. The highest BCUT2D eigenvalue weighted by Gasteiger charge is 2.12. The van der Waals surface area contributed by atoms with Crippen LogP contribution < -0.4 is 10.6 Å². The van der Waals surface area contributed by atoms with Crippen molar-refractivity contribution < 1.29 is 14.3 Å². The topological polar surface area (TPSA) is 80.3 Å². The van der Waals surface area contributed by atoms with E-state index in [1.807, 2.05) is 6.07 Å². The van der Waals surface area contributed by atoms with E-state index in [1.54, 1.807) is 18.3 Å². The highest BCUT2D eigenvalue weighted by Crippen LogP contribution is 2.24. The van der Waals surface area contributed by atoms with Gasteiger partial charge >= 0.3 is 12.0 Å². The maximum absolute atomic E-state index is 11.6. The number of rotatable bonds is 2. The van der Waals surface area contributed by atoms with Gasteiger partial charge in [0.05, 0.1) is 23.9 Å². The van der Waals surface area contributed by atoms with Crippen molar-refractivity contribution >= 4 is 28.6 Å². The SMILES string of the molecule is CNC(=O)Nc1cc(C(=O)OC)cc2cccnc12. The third kappa shape index (κ3) is 2.62. The largest absolute Gasteiger partial charge is 0.465 e. The van der Waals surface area contributed by atoms with Crippen LogP contribution in [0.1, 0.15) is 10.4 Å². The summed E-state index contributed by atoms with van der Waals surface area (Å²) in [5.41, 5.74) is 1.42. The molecule has 0 radical (unpaired) electrons. The molecule has 1 heterocycles. The maximum atomic E-state index is 11.6. The number of esters is 1. The molecule has 0 aliphatic rings. The molecule has 0 saturated heterocycles. The smallest absolute Gasteiger partial charge is 0.337 e. The standard InChI is InChI=1S/C13H13N3O3/c1-14-13(18)16-10-7-9(12(17)19-2)6-8-4-3-5-15-11(8)10/h3-7H,1-2H3,(H2,14,16,18). The van der Waals surface area contributed by atoms with Crippen molar-refractivity contribution in [3.8, 4) is 0 Å². The number of nitrogens with one attached hydrogen (secondary N) is 2. The van der Waals surface area contributed by atoms with Crippen LogP contribution in [0.4, 0.5) is 10.5 Å². The number of fused-ring (bicyclic) bond motifs is 1. The average molecular weight is 259 g/mol. The number of benzene rings is 1. The lowest BCUT2D eigenvalue weighted by Crippen LogP contribution is -2.24. The summed E-state index contributed by atoms with van der Waals surface area (Å²) in [6.07, 6.45) is 1.62. The highest BCUT2D eigenvalue weighted by molar-refractivity contribution is 6.04. The zero-order chi connectivity index (χ0) is 13.8. The minimum atomic E-state index is -0.467. The van der Waals surface area contributed by atoms with Crippen molar-refractivity contribution in [1.82, 2.24) is 10.3 Å². The van der Waals surface area contributed by atoms with Crippen LogP contribution in [-0.4, -0.2) is 31.1 Å². The fraction of sp³-hybridized carbons (Fsp3) is 0.154. The Morgan fingerprint density at radius 2 is 2.11 bits per heavy atom. The third-order valence-corrected chi connectivity index (χ3v) is 2.60. The minimum Gasteiger partial charge on any atom is -0.465 e. The Kier molecular flexibility index (Phi) is 3.61. The Morgan fingerprint density at radius 1 is 1.32 bits per heavy atom. The van der Waals surface area contributed by atoms with Crippen LogP contribution >= 0.6 is 0 Å². The second-order valence-electron chi connectivity index (χ2n) is 3.79. The number of carbonyl (C=O) groups excluding carboxylic acids is 2. The summed E-state index contributed by atoms with van der Waals surface area (Å²) in [6.45, 7) is 0. The zero-order valence-electron chi connectivity index (χ0n) is 10.6. The number of anilines is 1. The van der Waals surface area contributed by atoms with Gasteiger partial charge < -0.3 is 15.4 Å². The predicted octanol–water partition coefficient (Wildman–Crippen LogP) is 1.77. The number of amides is 2. The second-order valence-corrected chi connectivity index (χ2v) is 3.79. The molecule has 2 N–H and O–H groups in total. The molecule has 0 saturated carbocycles. The van der Waals surface area contributed by atoms with E-state index in [-0.39, 0.29) is 6.03 Å². The minimum absolute atomic E-state index is 0.356. The number of nitrogens with zero attached hydrogens (tertiary/aromatic N) is 1. The van der Waals surface area contributed by atoms with E-state index >= 15 is 0 Å². The van der Waals surface area contributed by atoms with Crippen LogP contribution in [0.5, 0.6) is 0 Å². The van der Waals surface area contributed by atoms with Gasteiger partial charge in [-0.2, -0.15) is 0 Å². The molecule has 6 nitrogen and oxygen atoms in total. The monoisotopic (exact) mass is 259 g/mol. The molecule has 0 spiro atoms. The van der Waals surface area contributed by atoms with Gasteiger partial charge in [0.1, 0.15) is 0 Å². The first kappa shape index (κ1) is 12.8. The molecule has 0 aliphatic heterocycles. The second kappa shape index (κ2) is 5.34. The van der Waals surface area contributed by atoms with Crippen LogP contribution in [0.2, 0.25) is 0 Å². The Bertz CT molecular complexity index is 640. The summed E-state index contributed by atoms with van der Waals surface area (Å²) in [6, 6.07) is 6.39. The molecule has 0 unspecified atom stereocenters. The number of ether oxygens (including phenoxy) is 1. The summed E-state index contributed by atoms with van der Waals surface area (Å²) >= 11 is 0. The molecule has 6 heteroatoms. The quantitative estimate of drug-likeness (QED) is 0.805. The molecule has 1 aromatic heterocycles. The number of aromatic nitrogens is 1. The van der Waals surface area contributed by atoms with Gasteiger partial charge in [-0.25, -0.2) is 9.59 Å². The van der Waals surface area contributed by atoms with Gasteiger partial charge in [0.15, 0.2) is 0 Å². The fourth-order valence-electron chi connectivity index (χ4n) is 1.71. The van der Waals surface area contributed by atoms with E-state index < -0.39 is 5.97 Å². The lowest BCUT2D eigenvalue weighted by atomic mass is 10.1. The average Bonchev–Trinajstić information content (AvgIpc) is 2.46. The number of pyridine rings is 1. The van der Waals surface area contributed by atoms with E-state index in [0.717, 1.165) is 5.39 Å². The first-order valence-electron chi connectivity index (χ1n) is 5.61. The number of hydrogen-bond donors (Lipinski definition) is 2. The maximum Gasteiger partial charge on any atom is 0.337 e. The van der Waals surface area contributed by atoms with Gasteiger partial charge in [-0.3, -0.25) is 4.98 Å². The predicted molar refractivity (Wildman–Crippen MR) is 71.2 cm³/mol. The molecular formula is C13H13N3O3. The number of urea groups is 1. The number of hydrogen-bond acceptors (Lipinski definition) is 4. The van der Waals surface area contributed by atoms with Crippen molar-refractivity contribution in [3.63, 3.8) is 0 Å². The lowest BCUT2D eigenvalue weighted by Gasteiger charge is -2.09. The molecule has 0 bridgehead atoms. The van der Waals surface area contributed by atoms with Gasteiger partial charge in [0.25, 0.3) is 0 Å². The summed E-state index contributed by atoms with van der Waals surface area (Å²) in [7, 11) is 2.82. The van der Waals surface area contributed by atoms with E-state index in [4.69, 9.17) is 0 Å². The molecule has 0 aliphatic carbocycles. The molecule has 2 rings (SSSR count). The number of carbonyl (C=O) groups is 2. The van der Waals surface area contributed by atoms with Crippen LogP contribution in [0, 0.1) is 0 Å². The molecule has 0 fully saturated rings. The van der Waals surface area contributed by atoms with E-state index in [2.05, 4.69) is 20.4 Å². The highest BCUT2D eigenvalue weighted by atomic mass is 16.5. The van der Waals surface area contributed by atoms with Gasteiger partial charge in [0, 0.05) is 18.6 Å². The summed E-state index contributed by atoms with van der Waals surface area (Å²) in [4.78, 5) is 27.2. The van der Waals surface area contributed by atoms with Crippen molar-refractivity contribution in [2.45, 2.75) is 0 Å². The molecule has 0 atom stereocenters.